The first-order valence-corrected chi connectivity index (χ1v) is 7.10. The van der Waals surface area contributed by atoms with Crippen molar-refractivity contribution in [1.29, 1.82) is 0 Å². The lowest BCUT2D eigenvalue weighted by Gasteiger charge is -2.33. The Hall–Kier alpha value is -0.340. The largest absolute Gasteiger partial charge is 0.311 e. The maximum Gasteiger partial charge on any atom is 0.0302 e. The number of hydrogen-bond donors (Lipinski definition) is 1. The van der Waals surface area contributed by atoms with E-state index in [9.17, 15) is 0 Å². The molecular weight excluding hydrogens is 202 g/mol. The Morgan fingerprint density at radius 3 is 2.93 bits per heavy atom. The molecule has 0 aromatic carbocycles. The zero-order chi connectivity index (χ0) is 10.1. The van der Waals surface area contributed by atoms with Gasteiger partial charge in [-0.15, -0.1) is 11.3 Å². The van der Waals surface area contributed by atoms with Crippen LogP contribution >= 0.6 is 11.3 Å². The summed E-state index contributed by atoms with van der Waals surface area (Å²) in [5.41, 5.74) is 1.67. The first-order valence-electron chi connectivity index (χ1n) is 6.22. The first kappa shape index (κ1) is 9.86. The molecule has 0 amide bonds. The maximum absolute atomic E-state index is 3.58. The molecule has 0 saturated heterocycles. The summed E-state index contributed by atoms with van der Waals surface area (Å²) < 4.78 is 0. The van der Waals surface area contributed by atoms with Gasteiger partial charge in [-0.2, -0.15) is 0 Å². The van der Waals surface area contributed by atoms with Crippen LogP contribution in [0, 0.1) is 5.92 Å². The normalized spacial score (nSPS) is 27.6. The van der Waals surface area contributed by atoms with E-state index >= 15 is 0 Å². The van der Waals surface area contributed by atoms with Crippen molar-refractivity contribution in [3.63, 3.8) is 0 Å². The molecule has 15 heavy (non-hydrogen) atoms. The molecule has 0 spiro atoms. The summed E-state index contributed by atoms with van der Waals surface area (Å²) in [6.45, 7) is 2.32. The van der Waals surface area contributed by atoms with Gasteiger partial charge in [0.2, 0.25) is 0 Å². The molecule has 1 aliphatic heterocycles. The van der Waals surface area contributed by atoms with Crippen LogP contribution in [0.5, 0.6) is 0 Å². The van der Waals surface area contributed by atoms with Gasteiger partial charge in [-0.1, -0.05) is 19.3 Å². The van der Waals surface area contributed by atoms with E-state index in [4.69, 9.17) is 0 Å². The number of fused-ring (bicyclic) bond motifs is 1. The van der Waals surface area contributed by atoms with Crippen LogP contribution in [-0.4, -0.2) is 6.54 Å². The Kier molecular flexibility index (Phi) is 2.80. The fourth-order valence-electron chi connectivity index (χ4n) is 3.23. The molecule has 2 aliphatic rings. The average Bonchev–Trinajstić information content (AvgIpc) is 2.78. The molecule has 1 aliphatic carbocycles. The van der Waals surface area contributed by atoms with Crippen LogP contribution in [0.2, 0.25) is 0 Å². The highest BCUT2D eigenvalue weighted by Crippen LogP contribution is 2.39. The highest BCUT2D eigenvalue weighted by atomic mass is 32.1. The zero-order valence-electron chi connectivity index (χ0n) is 9.17. The van der Waals surface area contributed by atoms with Gasteiger partial charge < -0.3 is 5.32 Å². The maximum atomic E-state index is 3.58. The van der Waals surface area contributed by atoms with Crippen molar-refractivity contribution < 1.29 is 0 Å². The van der Waals surface area contributed by atoms with Crippen LogP contribution in [0.1, 0.15) is 48.5 Å². The van der Waals surface area contributed by atoms with Gasteiger partial charge in [0.05, 0.1) is 0 Å². The summed E-state index contributed by atoms with van der Waals surface area (Å²) in [5.74, 6) is 1.78. The third-order valence-electron chi connectivity index (χ3n) is 4.05. The molecule has 0 radical (unpaired) electrons. The molecule has 2 heteroatoms. The lowest BCUT2D eigenvalue weighted by molar-refractivity contribution is 0.289. The first-order chi connectivity index (χ1) is 7.45. The minimum Gasteiger partial charge on any atom is -0.311 e. The second-order valence-electron chi connectivity index (χ2n) is 4.93. The second kappa shape index (κ2) is 4.26. The molecule has 1 aromatic heterocycles. The smallest absolute Gasteiger partial charge is 0.0302 e. The monoisotopic (exact) mass is 221 g/mol. The zero-order valence-corrected chi connectivity index (χ0v) is 9.98. The standard InChI is InChI=1S/C13H19NS/c1-2-4-10(5-3-1)12-8-14-9-13-11(12)6-7-15-13/h6-7,10,12,14H,1-5,8-9H2. The van der Waals surface area contributed by atoms with Gasteiger partial charge in [-0.3, -0.25) is 0 Å². The molecule has 1 nitrogen and oxygen atoms in total. The van der Waals surface area contributed by atoms with E-state index in [0.29, 0.717) is 0 Å². The SMILES string of the molecule is c1cc2c(s1)CNCC2C1CCCCC1. The number of thiophene rings is 1. The summed E-state index contributed by atoms with van der Waals surface area (Å²) in [7, 11) is 0. The topological polar surface area (TPSA) is 12.0 Å². The van der Waals surface area contributed by atoms with Crippen LogP contribution < -0.4 is 5.32 Å². The minimum atomic E-state index is 0.820. The van der Waals surface area contributed by atoms with Gasteiger partial charge in [-0.25, -0.2) is 0 Å². The van der Waals surface area contributed by atoms with Gasteiger partial charge >= 0.3 is 0 Å². The van der Waals surface area contributed by atoms with Gasteiger partial charge in [0.15, 0.2) is 0 Å². The lowest BCUT2D eigenvalue weighted by Crippen LogP contribution is -2.32. The lowest BCUT2D eigenvalue weighted by atomic mass is 9.76. The van der Waals surface area contributed by atoms with Crippen molar-refractivity contribution >= 4 is 11.3 Å². The van der Waals surface area contributed by atoms with Crippen molar-refractivity contribution in [3.05, 3.63) is 21.9 Å². The molecule has 1 atom stereocenters. The van der Waals surface area contributed by atoms with Crippen molar-refractivity contribution in [2.75, 3.05) is 6.54 Å². The Balaban J connectivity index is 1.82. The molecule has 82 valence electrons. The summed E-state index contributed by atoms with van der Waals surface area (Å²) >= 11 is 1.93. The van der Waals surface area contributed by atoms with Crippen LogP contribution in [0.3, 0.4) is 0 Å². The van der Waals surface area contributed by atoms with Gasteiger partial charge in [-0.05, 0) is 35.8 Å². The molecule has 3 rings (SSSR count). The molecule has 1 unspecified atom stereocenters. The van der Waals surface area contributed by atoms with Crippen LogP contribution in [0.4, 0.5) is 0 Å². The molecule has 1 saturated carbocycles. The van der Waals surface area contributed by atoms with E-state index < -0.39 is 0 Å². The molecular formula is C13H19NS. The van der Waals surface area contributed by atoms with Crippen molar-refractivity contribution in [2.45, 2.75) is 44.6 Å². The predicted octanol–water partition coefficient (Wildman–Crippen LogP) is 3.52. The number of hydrogen-bond acceptors (Lipinski definition) is 2. The fraction of sp³-hybridized carbons (Fsp3) is 0.692. The van der Waals surface area contributed by atoms with Crippen molar-refractivity contribution in [3.8, 4) is 0 Å². The van der Waals surface area contributed by atoms with E-state index in [1.165, 1.54) is 38.6 Å². The summed E-state index contributed by atoms with van der Waals surface area (Å²) in [5, 5.41) is 5.86. The summed E-state index contributed by atoms with van der Waals surface area (Å²) in [4.78, 5) is 1.59. The highest BCUT2D eigenvalue weighted by molar-refractivity contribution is 7.10. The Morgan fingerprint density at radius 1 is 1.20 bits per heavy atom. The Labute approximate surface area is 95.9 Å². The van der Waals surface area contributed by atoms with E-state index in [1.54, 1.807) is 10.4 Å². The number of rotatable bonds is 1. The molecule has 0 bridgehead atoms. The van der Waals surface area contributed by atoms with E-state index in [1.807, 2.05) is 11.3 Å². The third-order valence-corrected chi connectivity index (χ3v) is 4.98. The van der Waals surface area contributed by atoms with Crippen LogP contribution in [0.25, 0.3) is 0 Å². The minimum absolute atomic E-state index is 0.820. The molecule has 2 heterocycles. The summed E-state index contributed by atoms with van der Waals surface area (Å²) in [6.07, 6.45) is 7.30. The highest BCUT2D eigenvalue weighted by Gasteiger charge is 2.29. The van der Waals surface area contributed by atoms with E-state index in [0.717, 1.165) is 18.4 Å². The van der Waals surface area contributed by atoms with Crippen molar-refractivity contribution in [2.24, 2.45) is 5.92 Å². The quantitative estimate of drug-likeness (QED) is 0.765. The van der Waals surface area contributed by atoms with E-state index in [2.05, 4.69) is 16.8 Å². The van der Waals surface area contributed by atoms with Crippen molar-refractivity contribution in [1.82, 2.24) is 5.32 Å². The van der Waals surface area contributed by atoms with Crippen LogP contribution in [-0.2, 0) is 6.54 Å². The predicted molar refractivity (Wildman–Crippen MR) is 65.3 cm³/mol. The van der Waals surface area contributed by atoms with Gasteiger partial charge in [0.1, 0.15) is 0 Å². The summed E-state index contributed by atoms with van der Waals surface area (Å²) in [6, 6.07) is 2.38. The van der Waals surface area contributed by atoms with Gasteiger partial charge in [0.25, 0.3) is 0 Å². The third kappa shape index (κ3) is 1.85. The molecule has 1 fully saturated rings. The Bertz CT molecular complexity index is 325. The number of nitrogens with one attached hydrogen (secondary N) is 1. The molecule has 1 N–H and O–H groups in total. The molecule has 1 aromatic rings. The Morgan fingerprint density at radius 2 is 2.07 bits per heavy atom. The average molecular weight is 221 g/mol. The van der Waals surface area contributed by atoms with Crippen LogP contribution in [0.15, 0.2) is 11.4 Å². The van der Waals surface area contributed by atoms with Gasteiger partial charge in [0, 0.05) is 23.9 Å². The second-order valence-corrected chi connectivity index (χ2v) is 5.94. The van der Waals surface area contributed by atoms with E-state index in [-0.39, 0.29) is 0 Å². The fourth-order valence-corrected chi connectivity index (χ4v) is 4.15.